The Kier molecular flexibility index (Phi) is 5.43. The largest absolute Gasteiger partial charge is 0.337 e. The molecule has 0 saturated carbocycles. The highest BCUT2D eigenvalue weighted by Crippen LogP contribution is 2.21. The van der Waals surface area contributed by atoms with Crippen molar-refractivity contribution in [2.45, 2.75) is 32.1 Å². The molecule has 0 fully saturated rings. The number of amides is 2. The first-order valence-electron chi connectivity index (χ1n) is 10.6. The number of carbonyl (C=O) groups excluding carboxylic acids is 2. The van der Waals surface area contributed by atoms with E-state index < -0.39 is 11.9 Å². The van der Waals surface area contributed by atoms with Crippen LogP contribution >= 0.6 is 0 Å². The van der Waals surface area contributed by atoms with Crippen molar-refractivity contribution in [2.75, 3.05) is 11.9 Å². The molecule has 168 valence electrons. The van der Waals surface area contributed by atoms with Crippen molar-refractivity contribution in [3.05, 3.63) is 78.3 Å². The molecule has 2 amide bonds. The highest BCUT2D eigenvalue weighted by atomic mass is 16.2. The number of hydrogen-bond acceptors (Lipinski definition) is 6. The molecule has 0 bridgehead atoms. The Balaban J connectivity index is 1.24. The summed E-state index contributed by atoms with van der Waals surface area (Å²) in [6.07, 6.45) is 5.50. The van der Waals surface area contributed by atoms with Gasteiger partial charge >= 0.3 is 0 Å². The topological polar surface area (TPSA) is 116 Å². The van der Waals surface area contributed by atoms with Gasteiger partial charge in [-0.3, -0.25) is 19.2 Å². The van der Waals surface area contributed by atoms with Crippen molar-refractivity contribution < 1.29 is 9.59 Å². The van der Waals surface area contributed by atoms with Crippen LogP contribution < -0.4 is 10.2 Å². The second kappa shape index (κ2) is 8.69. The van der Waals surface area contributed by atoms with Gasteiger partial charge in [0, 0.05) is 32.1 Å². The van der Waals surface area contributed by atoms with Gasteiger partial charge in [0.2, 0.25) is 5.82 Å². The van der Waals surface area contributed by atoms with Gasteiger partial charge in [0.25, 0.3) is 11.8 Å². The van der Waals surface area contributed by atoms with Crippen molar-refractivity contribution in [2.24, 2.45) is 0 Å². The molecule has 0 spiro atoms. The van der Waals surface area contributed by atoms with E-state index in [1.807, 2.05) is 48.7 Å². The summed E-state index contributed by atoms with van der Waals surface area (Å²) in [4.78, 5) is 31.4. The van der Waals surface area contributed by atoms with E-state index in [9.17, 15) is 9.59 Å². The lowest BCUT2D eigenvalue weighted by atomic mass is 10.2. The molecule has 1 aromatic carbocycles. The third-order valence-corrected chi connectivity index (χ3v) is 5.53. The molecule has 11 nitrogen and oxygen atoms in total. The Morgan fingerprint density at radius 2 is 1.97 bits per heavy atom. The summed E-state index contributed by atoms with van der Waals surface area (Å²) < 4.78 is 5.16. The van der Waals surface area contributed by atoms with E-state index >= 15 is 0 Å². The molecule has 33 heavy (non-hydrogen) atoms. The van der Waals surface area contributed by atoms with Crippen molar-refractivity contribution in [1.29, 1.82) is 0 Å². The number of aromatic nitrogens is 7. The number of carbonyl (C=O) groups is 2. The minimum Gasteiger partial charge on any atom is -0.337 e. The van der Waals surface area contributed by atoms with Crippen LogP contribution in [0.25, 0.3) is 0 Å². The van der Waals surface area contributed by atoms with Crippen molar-refractivity contribution >= 4 is 17.6 Å². The zero-order chi connectivity index (χ0) is 22.8. The molecule has 5 rings (SSSR count). The molecule has 4 aromatic rings. The molecule has 1 unspecified atom stereocenters. The summed E-state index contributed by atoms with van der Waals surface area (Å²) >= 11 is 0. The maximum atomic E-state index is 13.1. The Hall–Kier alpha value is -4.28. The fourth-order valence-corrected chi connectivity index (χ4v) is 3.85. The highest BCUT2D eigenvalue weighted by Gasteiger charge is 2.31. The normalized spacial score (nSPS) is 15.8. The van der Waals surface area contributed by atoms with Crippen molar-refractivity contribution in [3.63, 3.8) is 0 Å². The number of hydrogen-bond donors (Lipinski definition) is 1. The van der Waals surface area contributed by atoms with Gasteiger partial charge < -0.3 is 5.32 Å². The maximum absolute atomic E-state index is 13.1. The summed E-state index contributed by atoms with van der Waals surface area (Å²) in [5, 5.41) is 15.8. The molecule has 1 aliphatic heterocycles. The molecule has 1 atom stereocenters. The molecule has 0 aliphatic carbocycles. The van der Waals surface area contributed by atoms with Gasteiger partial charge in [-0.2, -0.15) is 10.2 Å². The summed E-state index contributed by atoms with van der Waals surface area (Å²) in [6, 6.07) is 12.8. The predicted molar refractivity (Wildman–Crippen MR) is 118 cm³/mol. The third kappa shape index (κ3) is 4.38. The molecule has 4 heterocycles. The van der Waals surface area contributed by atoms with Crippen LogP contribution in [-0.2, 0) is 24.4 Å². The number of nitrogens with one attached hydrogen (secondary N) is 1. The van der Waals surface area contributed by atoms with Gasteiger partial charge in [-0.05, 0) is 18.1 Å². The lowest BCUT2D eigenvalue weighted by molar-refractivity contribution is -0.120. The SMILES string of the molecule is CN1C(=O)C(NC(=O)c2ncn(Cc3ccccc3)n2)CCn2nc(Cn3cccn3)cc21. The third-order valence-electron chi connectivity index (χ3n) is 5.53. The fraction of sp³-hybridized carbons (Fsp3) is 0.273. The summed E-state index contributed by atoms with van der Waals surface area (Å²) in [6.45, 7) is 1.52. The average molecular weight is 445 g/mol. The first-order valence-corrected chi connectivity index (χ1v) is 10.6. The lowest BCUT2D eigenvalue weighted by Crippen LogP contribution is -2.47. The average Bonchev–Trinajstić information content (AvgIpc) is 3.57. The van der Waals surface area contributed by atoms with Crippen LogP contribution in [-0.4, -0.2) is 59.2 Å². The Morgan fingerprint density at radius 3 is 2.76 bits per heavy atom. The second-order valence-corrected chi connectivity index (χ2v) is 7.88. The fourth-order valence-electron chi connectivity index (χ4n) is 3.85. The van der Waals surface area contributed by atoms with Gasteiger partial charge in [0.1, 0.15) is 18.2 Å². The van der Waals surface area contributed by atoms with Crippen LogP contribution in [0, 0.1) is 0 Å². The van der Waals surface area contributed by atoms with Crippen molar-refractivity contribution in [1.82, 2.24) is 39.6 Å². The zero-order valence-corrected chi connectivity index (χ0v) is 18.1. The summed E-state index contributed by atoms with van der Waals surface area (Å²) in [5.74, 6) is 0.0258. The van der Waals surface area contributed by atoms with E-state index in [0.29, 0.717) is 31.9 Å². The zero-order valence-electron chi connectivity index (χ0n) is 18.1. The first kappa shape index (κ1) is 20.6. The number of benzene rings is 1. The number of likely N-dealkylation sites (N-methyl/N-ethyl adjacent to an activating group) is 1. The Labute approximate surface area is 189 Å². The van der Waals surface area contributed by atoms with E-state index in [4.69, 9.17) is 0 Å². The summed E-state index contributed by atoms with van der Waals surface area (Å²) in [7, 11) is 1.69. The smallest absolute Gasteiger partial charge is 0.291 e. The van der Waals surface area contributed by atoms with Crippen LogP contribution in [0.15, 0.2) is 61.2 Å². The predicted octanol–water partition coefficient (Wildman–Crippen LogP) is 0.933. The minimum atomic E-state index is -0.695. The quantitative estimate of drug-likeness (QED) is 0.472. The number of rotatable bonds is 6. The van der Waals surface area contributed by atoms with E-state index in [0.717, 1.165) is 11.3 Å². The molecule has 0 saturated heterocycles. The van der Waals surface area contributed by atoms with Crippen LogP contribution in [0.5, 0.6) is 0 Å². The maximum Gasteiger partial charge on any atom is 0.291 e. The summed E-state index contributed by atoms with van der Waals surface area (Å²) in [5.41, 5.74) is 1.86. The molecule has 11 heteroatoms. The lowest BCUT2D eigenvalue weighted by Gasteiger charge is -2.19. The highest BCUT2D eigenvalue weighted by molar-refractivity contribution is 6.00. The van der Waals surface area contributed by atoms with E-state index in [1.165, 1.54) is 11.2 Å². The molecule has 0 radical (unpaired) electrons. The van der Waals surface area contributed by atoms with E-state index in [2.05, 4.69) is 25.6 Å². The molecular weight excluding hydrogens is 422 g/mol. The van der Waals surface area contributed by atoms with Gasteiger partial charge in [0.05, 0.1) is 18.8 Å². The number of fused-ring (bicyclic) bond motifs is 1. The van der Waals surface area contributed by atoms with Gasteiger partial charge in [0.15, 0.2) is 0 Å². The molecule has 1 aliphatic rings. The van der Waals surface area contributed by atoms with Gasteiger partial charge in [-0.25, -0.2) is 14.3 Å². The molecule has 1 N–H and O–H groups in total. The second-order valence-electron chi connectivity index (χ2n) is 7.88. The first-order chi connectivity index (χ1) is 16.1. The molecular formula is C22H23N9O2. The number of nitrogens with zero attached hydrogens (tertiary/aromatic N) is 8. The Morgan fingerprint density at radius 1 is 1.12 bits per heavy atom. The van der Waals surface area contributed by atoms with Crippen LogP contribution in [0.4, 0.5) is 5.82 Å². The van der Waals surface area contributed by atoms with Crippen LogP contribution in [0.1, 0.15) is 28.3 Å². The number of aryl methyl sites for hydroxylation is 1. The van der Waals surface area contributed by atoms with Gasteiger partial charge in [-0.1, -0.05) is 30.3 Å². The number of anilines is 1. The van der Waals surface area contributed by atoms with Gasteiger partial charge in [-0.15, -0.1) is 5.10 Å². The molecule has 3 aromatic heterocycles. The standard InChI is InChI=1S/C22H23N9O2/c1-28-19-12-17(14-29-10-5-9-24-29)26-31(19)11-8-18(22(28)33)25-21(32)20-23-15-30(27-20)13-16-6-3-2-4-7-16/h2-7,9-10,12,15,18H,8,11,13-14H2,1H3,(H,25,32). The van der Waals surface area contributed by atoms with Crippen LogP contribution in [0.2, 0.25) is 0 Å². The van der Waals surface area contributed by atoms with Crippen LogP contribution in [0.3, 0.4) is 0 Å². The van der Waals surface area contributed by atoms with E-state index in [1.54, 1.807) is 27.3 Å². The monoisotopic (exact) mass is 445 g/mol. The van der Waals surface area contributed by atoms with E-state index in [-0.39, 0.29) is 11.7 Å². The Bertz CT molecular complexity index is 1260. The minimum absolute atomic E-state index is 0.0323. The van der Waals surface area contributed by atoms with Crippen molar-refractivity contribution in [3.8, 4) is 0 Å².